The molecule has 1 atom stereocenters. The summed E-state index contributed by atoms with van der Waals surface area (Å²) in [7, 11) is 0. The van der Waals surface area contributed by atoms with Gasteiger partial charge in [-0.25, -0.2) is 19.3 Å². The van der Waals surface area contributed by atoms with Crippen molar-refractivity contribution < 1.29 is 9.50 Å². The van der Waals surface area contributed by atoms with Crippen LogP contribution in [-0.4, -0.2) is 37.0 Å². The third kappa shape index (κ3) is 1.49. The fourth-order valence-corrected chi connectivity index (χ4v) is 3.00. The number of thioether (sulfide) groups is 1. The number of hydrogen-bond acceptors (Lipinski definition) is 6. The van der Waals surface area contributed by atoms with Crippen LogP contribution in [0.2, 0.25) is 0 Å². The van der Waals surface area contributed by atoms with E-state index in [1.807, 2.05) is 0 Å². The van der Waals surface area contributed by atoms with Crippen molar-refractivity contribution in [3.63, 3.8) is 0 Å². The van der Waals surface area contributed by atoms with E-state index in [-0.39, 0.29) is 24.0 Å². The molecule has 0 saturated heterocycles. The van der Waals surface area contributed by atoms with Crippen molar-refractivity contribution >= 4 is 28.7 Å². The van der Waals surface area contributed by atoms with Crippen molar-refractivity contribution in [2.45, 2.75) is 4.87 Å². The Balaban J connectivity index is 2.23. The van der Waals surface area contributed by atoms with Gasteiger partial charge in [0.2, 0.25) is 0 Å². The van der Waals surface area contributed by atoms with Crippen LogP contribution in [0.1, 0.15) is 0 Å². The number of hydrogen-bond donors (Lipinski definition) is 2. The number of anilines is 1. The first kappa shape index (κ1) is 11.4. The summed E-state index contributed by atoms with van der Waals surface area (Å²) in [6.45, 7) is -0.250. The second kappa shape index (κ2) is 3.92. The Bertz CT molecular complexity index is 642. The zero-order valence-corrected chi connectivity index (χ0v) is 10.1. The fraction of sp³-hybridized carbons (Fsp3) is 0.300. The summed E-state index contributed by atoms with van der Waals surface area (Å²) < 4.78 is 14.9. The Labute approximate surface area is 106 Å². The molecule has 8 heteroatoms. The van der Waals surface area contributed by atoms with Crippen molar-refractivity contribution in [1.82, 2.24) is 19.5 Å². The lowest BCUT2D eigenvalue weighted by molar-refractivity contribution is 0.237. The molecule has 2 aromatic heterocycles. The van der Waals surface area contributed by atoms with E-state index in [9.17, 15) is 9.50 Å². The molecule has 1 aliphatic rings. The van der Waals surface area contributed by atoms with Crippen molar-refractivity contribution in [1.29, 1.82) is 0 Å². The molecule has 0 saturated carbocycles. The fourth-order valence-electron chi connectivity index (χ4n) is 1.96. The van der Waals surface area contributed by atoms with Crippen LogP contribution in [0.5, 0.6) is 0 Å². The van der Waals surface area contributed by atoms with Crippen LogP contribution in [0.15, 0.2) is 24.6 Å². The number of imidazole rings is 1. The second-order valence-electron chi connectivity index (χ2n) is 3.93. The number of aliphatic hydroxyl groups is 1. The monoisotopic (exact) mass is 267 g/mol. The number of nitrogens with two attached hydrogens (primary N) is 1. The minimum Gasteiger partial charge on any atom is -0.393 e. The Kier molecular flexibility index (Phi) is 2.49. The standard InChI is InChI=1S/C10H10FN5OS/c11-6-1-10(3-17,18-2-6)16-5-15-7-8(12)13-4-14-9(7)16/h1,4-5,17H,2-3H2,(H2,12,13,14)/t10-/m0/s1. The van der Waals surface area contributed by atoms with Gasteiger partial charge in [0, 0.05) is 5.75 Å². The van der Waals surface area contributed by atoms with E-state index < -0.39 is 4.87 Å². The number of halogens is 1. The van der Waals surface area contributed by atoms with Gasteiger partial charge >= 0.3 is 0 Å². The molecule has 18 heavy (non-hydrogen) atoms. The quantitative estimate of drug-likeness (QED) is 0.830. The molecule has 3 rings (SSSR count). The number of nitrogens with zero attached hydrogens (tertiary/aromatic N) is 4. The molecule has 0 unspecified atom stereocenters. The smallest absolute Gasteiger partial charge is 0.166 e. The number of fused-ring (bicyclic) bond motifs is 1. The summed E-state index contributed by atoms with van der Waals surface area (Å²) in [5, 5.41) is 9.58. The van der Waals surface area contributed by atoms with E-state index in [1.54, 1.807) is 4.57 Å². The third-order valence-corrected chi connectivity index (χ3v) is 4.20. The van der Waals surface area contributed by atoms with E-state index >= 15 is 0 Å². The van der Waals surface area contributed by atoms with Gasteiger partial charge in [0.1, 0.15) is 22.5 Å². The maximum Gasteiger partial charge on any atom is 0.166 e. The van der Waals surface area contributed by atoms with Gasteiger partial charge in [0.15, 0.2) is 11.5 Å². The zero-order chi connectivity index (χ0) is 12.8. The second-order valence-corrected chi connectivity index (χ2v) is 5.21. The first-order valence-corrected chi connectivity index (χ1v) is 6.21. The van der Waals surface area contributed by atoms with Crippen molar-refractivity contribution in [3.05, 3.63) is 24.6 Å². The van der Waals surface area contributed by atoms with E-state index in [0.717, 1.165) is 0 Å². The van der Waals surface area contributed by atoms with E-state index in [2.05, 4.69) is 15.0 Å². The Morgan fingerprint density at radius 2 is 2.33 bits per heavy atom. The summed E-state index contributed by atoms with van der Waals surface area (Å²) in [5.74, 6) is 0.220. The van der Waals surface area contributed by atoms with Gasteiger partial charge in [-0.05, 0) is 6.08 Å². The summed E-state index contributed by atoms with van der Waals surface area (Å²) in [4.78, 5) is 11.2. The van der Waals surface area contributed by atoms with Gasteiger partial charge in [-0.1, -0.05) is 0 Å². The largest absolute Gasteiger partial charge is 0.393 e. The average molecular weight is 267 g/mol. The molecule has 3 N–H and O–H groups in total. The highest BCUT2D eigenvalue weighted by molar-refractivity contribution is 8.00. The molecular weight excluding hydrogens is 257 g/mol. The SMILES string of the molecule is Nc1ncnc2c1ncn2[C@@]1(CO)C=C(F)CS1. The lowest BCUT2D eigenvalue weighted by Crippen LogP contribution is -2.30. The maximum absolute atomic E-state index is 13.3. The molecule has 0 spiro atoms. The van der Waals surface area contributed by atoms with Crippen molar-refractivity contribution in [2.24, 2.45) is 0 Å². The van der Waals surface area contributed by atoms with Gasteiger partial charge in [-0.3, -0.25) is 4.57 Å². The van der Waals surface area contributed by atoms with Gasteiger partial charge in [-0.15, -0.1) is 11.8 Å². The lowest BCUT2D eigenvalue weighted by Gasteiger charge is -2.25. The molecule has 0 radical (unpaired) electrons. The van der Waals surface area contributed by atoms with Crippen LogP contribution in [0, 0.1) is 0 Å². The first-order chi connectivity index (χ1) is 8.66. The van der Waals surface area contributed by atoms with Crippen molar-refractivity contribution in [3.8, 4) is 0 Å². The zero-order valence-electron chi connectivity index (χ0n) is 9.25. The topological polar surface area (TPSA) is 89.9 Å². The molecule has 0 aromatic carbocycles. The van der Waals surface area contributed by atoms with Gasteiger partial charge in [0.05, 0.1) is 12.9 Å². The lowest BCUT2D eigenvalue weighted by atomic mass is 10.2. The number of rotatable bonds is 2. The molecule has 0 amide bonds. The maximum atomic E-state index is 13.3. The molecule has 94 valence electrons. The van der Waals surface area contributed by atoms with Crippen LogP contribution in [0.4, 0.5) is 10.2 Å². The molecular formula is C10H10FN5OS. The minimum absolute atomic E-state index is 0.223. The highest BCUT2D eigenvalue weighted by Crippen LogP contribution is 2.42. The predicted octanol–water partition coefficient (Wildman–Crippen LogP) is 0.654. The number of aliphatic hydroxyl groups excluding tert-OH is 1. The van der Waals surface area contributed by atoms with Gasteiger partial charge in [0.25, 0.3) is 0 Å². The average Bonchev–Trinajstić information content (AvgIpc) is 2.94. The Morgan fingerprint density at radius 3 is 3.00 bits per heavy atom. The van der Waals surface area contributed by atoms with Crippen molar-refractivity contribution in [2.75, 3.05) is 18.1 Å². The third-order valence-electron chi connectivity index (χ3n) is 2.84. The van der Waals surface area contributed by atoms with Crippen LogP contribution in [0.25, 0.3) is 11.2 Å². The molecule has 0 aliphatic carbocycles. The van der Waals surface area contributed by atoms with Crippen LogP contribution < -0.4 is 5.73 Å². The van der Waals surface area contributed by atoms with Gasteiger partial charge in [-0.2, -0.15) is 0 Å². The van der Waals surface area contributed by atoms with E-state index in [4.69, 9.17) is 5.73 Å². The normalized spacial score (nSPS) is 23.6. The van der Waals surface area contributed by atoms with E-state index in [0.29, 0.717) is 11.2 Å². The minimum atomic E-state index is -0.903. The molecule has 0 fully saturated rings. The molecule has 3 heterocycles. The van der Waals surface area contributed by atoms with Crippen LogP contribution >= 0.6 is 11.8 Å². The Morgan fingerprint density at radius 1 is 1.50 bits per heavy atom. The number of aromatic nitrogens is 4. The van der Waals surface area contributed by atoms with Crippen LogP contribution in [-0.2, 0) is 4.87 Å². The Hall–Kier alpha value is -1.67. The highest BCUT2D eigenvalue weighted by Gasteiger charge is 2.37. The summed E-state index contributed by atoms with van der Waals surface area (Å²) >= 11 is 1.28. The first-order valence-electron chi connectivity index (χ1n) is 5.22. The molecule has 0 bridgehead atoms. The molecule has 1 aliphatic heterocycles. The van der Waals surface area contributed by atoms with Crippen LogP contribution in [0.3, 0.4) is 0 Å². The van der Waals surface area contributed by atoms with Gasteiger partial charge < -0.3 is 10.8 Å². The summed E-state index contributed by atoms with van der Waals surface area (Å²) in [6, 6.07) is 0. The van der Waals surface area contributed by atoms with E-state index in [1.165, 1.54) is 30.5 Å². The molecule has 2 aromatic rings. The summed E-state index contributed by atoms with van der Waals surface area (Å²) in [5.41, 5.74) is 6.63. The highest BCUT2D eigenvalue weighted by atomic mass is 32.2. The predicted molar refractivity (Wildman–Crippen MR) is 66.4 cm³/mol. The molecule has 6 nitrogen and oxygen atoms in total. The summed E-state index contributed by atoms with van der Waals surface area (Å²) in [6.07, 6.45) is 4.20. The number of nitrogen functional groups attached to an aromatic ring is 1.